The molecule has 0 spiro atoms. The first-order valence-electron chi connectivity index (χ1n) is 7.48. The molecule has 6 heteroatoms. The number of aliphatic hydroxyl groups is 1. The molecule has 1 rings (SSSR count). The highest BCUT2D eigenvalue weighted by Crippen LogP contribution is 2.27. The monoisotopic (exact) mass is 300 g/mol. The third kappa shape index (κ3) is 6.80. The van der Waals surface area contributed by atoms with Crippen LogP contribution in [0.25, 0.3) is 0 Å². The van der Waals surface area contributed by atoms with Gasteiger partial charge in [-0.05, 0) is 30.6 Å². The van der Waals surface area contributed by atoms with Crippen molar-refractivity contribution in [3.8, 4) is 0 Å². The Hall–Kier alpha value is -1.30. The minimum absolute atomic E-state index is 0.0515. The lowest BCUT2D eigenvalue weighted by Gasteiger charge is -2.35. The van der Waals surface area contributed by atoms with Crippen LogP contribution in [-0.4, -0.2) is 52.9 Å². The number of hydrogen-bond donors (Lipinski definition) is 3. The van der Waals surface area contributed by atoms with Gasteiger partial charge in [-0.15, -0.1) is 0 Å². The quantitative estimate of drug-likeness (QED) is 0.696. The van der Waals surface area contributed by atoms with E-state index in [0.29, 0.717) is 18.9 Å². The minimum atomic E-state index is -0.908. The summed E-state index contributed by atoms with van der Waals surface area (Å²) in [7, 11) is 1.70. The number of nitrogens with zero attached hydrogens (tertiary/aromatic N) is 1. The third-order valence-electron chi connectivity index (χ3n) is 3.70. The van der Waals surface area contributed by atoms with Crippen molar-refractivity contribution in [3.05, 3.63) is 0 Å². The Morgan fingerprint density at radius 2 is 1.90 bits per heavy atom. The lowest BCUT2D eigenvalue weighted by Crippen LogP contribution is -2.48. The number of aliphatic carboxylic acids is 1. The molecule has 0 aliphatic heterocycles. The highest BCUT2D eigenvalue weighted by molar-refractivity contribution is 5.75. The number of aliphatic hydroxyl groups excluding tert-OH is 1. The standard InChI is InChI=1S/C15H28N2O4/c1-15(2,3)8-11(7-13(19)20)16-14(21)17(4)9-10-5-12(18)6-10/h10-12,18H,5-9H2,1-4H3,(H,16,21)(H,19,20). The second-order valence-corrected chi connectivity index (χ2v) is 7.38. The molecule has 1 unspecified atom stereocenters. The number of carboxylic acid groups (broad SMARTS) is 1. The van der Waals surface area contributed by atoms with Crippen LogP contribution in [0.4, 0.5) is 4.79 Å². The molecule has 0 aromatic carbocycles. The van der Waals surface area contributed by atoms with Gasteiger partial charge in [-0.3, -0.25) is 4.79 Å². The molecule has 3 N–H and O–H groups in total. The van der Waals surface area contributed by atoms with Gasteiger partial charge in [0.2, 0.25) is 0 Å². The van der Waals surface area contributed by atoms with Crippen LogP contribution in [0.15, 0.2) is 0 Å². The van der Waals surface area contributed by atoms with E-state index in [-0.39, 0.29) is 30.0 Å². The fourth-order valence-corrected chi connectivity index (χ4v) is 2.73. The van der Waals surface area contributed by atoms with Crippen molar-refractivity contribution in [1.82, 2.24) is 10.2 Å². The SMILES string of the molecule is CN(CC1CC(O)C1)C(=O)NC(CC(=O)O)CC(C)(C)C. The average Bonchev–Trinajstić information content (AvgIpc) is 2.23. The molecule has 1 saturated carbocycles. The number of carbonyl (C=O) groups excluding carboxylic acids is 1. The Bertz CT molecular complexity index is 372. The summed E-state index contributed by atoms with van der Waals surface area (Å²) in [5.41, 5.74) is -0.0515. The fraction of sp³-hybridized carbons (Fsp3) is 0.867. The molecule has 1 aliphatic carbocycles. The minimum Gasteiger partial charge on any atom is -0.481 e. The maximum Gasteiger partial charge on any atom is 0.317 e. The Kier molecular flexibility index (Phi) is 6.01. The lowest BCUT2D eigenvalue weighted by molar-refractivity contribution is -0.137. The van der Waals surface area contributed by atoms with E-state index >= 15 is 0 Å². The number of rotatable bonds is 6. The molecule has 0 aromatic heterocycles. The second kappa shape index (κ2) is 7.11. The summed E-state index contributed by atoms with van der Waals surface area (Å²) >= 11 is 0. The van der Waals surface area contributed by atoms with E-state index in [1.807, 2.05) is 20.8 Å². The highest BCUT2D eigenvalue weighted by Gasteiger charge is 2.30. The van der Waals surface area contributed by atoms with Crippen LogP contribution in [0.2, 0.25) is 0 Å². The molecule has 0 radical (unpaired) electrons. The van der Waals surface area contributed by atoms with Crippen LogP contribution >= 0.6 is 0 Å². The molecule has 1 fully saturated rings. The van der Waals surface area contributed by atoms with E-state index in [9.17, 15) is 14.7 Å². The topological polar surface area (TPSA) is 89.9 Å². The van der Waals surface area contributed by atoms with Crippen LogP contribution in [0, 0.1) is 11.3 Å². The van der Waals surface area contributed by atoms with Crippen molar-refractivity contribution in [2.24, 2.45) is 11.3 Å². The van der Waals surface area contributed by atoms with E-state index in [1.54, 1.807) is 11.9 Å². The smallest absolute Gasteiger partial charge is 0.317 e. The Morgan fingerprint density at radius 3 is 2.33 bits per heavy atom. The van der Waals surface area contributed by atoms with Gasteiger partial charge in [0.05, 0.1) is 12.5 Å². The van der Waals surface area contributed by atoms with E-state index in [1.165, 1.54) is 0 Å². The van der Waals surface area contributed by atoms with Crippen LogP contribution in [0.3, 0.4) is 0 Å². The van der Waals surface area contributed by atoms with Crippen LogP contribution < -0.4 is 5.32 Å². The summed E-state index contributed by atoms with van der Waals surface area (Å²) in [6, 6.07) is -0.615. The zero-order valence-electron chi connectivity index (χ0n) is 13.4. The number of hydrogen-bond acceptors (Lipinski definition) is 3. The molecular formula is C15H28N2O4. The lowest BCUT2D eigenvalue weighted by atomic mass is 9.82. The largest absolute Gasteiger partial charge is 0.481 e. The molecular weight excluding hydrogens is 272 g/mol. The Morgan fingerprint density at radius 1 is 1.33 bits per heavy atom. The molecule has 0 aromatic rings. The molecule has 1 aliphatic rings. The number of nitrogens with one attached hydrogen (secondary N) is 1. The summed E-state index contributed by atoms with van der Waals surface area (Å²) in [5.74, 6) is -0.564. The first-order valence-corrected chi connectivity index (χ1v) is 7.48. The first-order chi connectivity index (χ1) is 9.56. The van der Waals surface area contributed by atoms with Gasteiger partial charge in [0.25, 0.3) is 0 Å². The Balaban J connectivity index is 2.47. The molecule has 0 heterocycles. The molecule has 21 heavy (non-hydrogen) atoms. The second-order valence-electron chi connectivity index (χ2n) is 7.38. The third-order valence-corrected chi connectivity index (χ3v) is 3.70. The van der Waals surface area contributed by atoms with Crippen molar-refractivity contribution >= 4 is 12.0 Å². The molecule has 122 valence electrons. The number of urea groups is 1. The molecule has 2 amide bonds. The van der Waals surface area contributed by atoms with E-state index in [4.69, 9.17) is 5.11 Å². The fourth-order valence-electron chi connectivity index (χ4n) is 2.73. The van der Waals surface area contributed by atoms with Crippen molar-refractivity contribution in [1.29, 1.82) is 0 Å². The van der Waals surface area contributed by atoms with Gasteiger partial charge in [0.15, 0.2) is 0 Å². The summed E-state index contributed by atoms with van der Waals surface area (Å²) < 4.78 is 0. The van der Waals surface area contributed by atoms with Crippen molar-refractivity contribution in [2.75, 3.05) is 13.6 Å². The summed E-state index contributed by atoms with van der Waals surface area (Å²) in [5, 5.41) is 21.0. The predicted octanol–water partition coefficient (Wildman–Crippen LogP) is 1.68. The summed E-state index contributed by atoms with van der Waals surface area (Å²) in [6.45, 7) is 6.66. The van der Waals surface area contributed by atoms with Crippen molar-refractivity contribution in [3.63, 3.8) is 0 Å². The summed E-state index contributed by atoms with van der Waals surface area (Å²) in [4.78, 5) is 24.6. The van der Waals surface area contributed by atoms with Crippen molar-refractivity contribution in [2.45, 2.75) is 58.6 Å². The van der Waals surface area contributed by atoms with Gasteiger partial charge < -0.3 is 20.4 Å². The molecule has 0 saturated heterocycles. The highest BCUT2D eigenvalue weighted by atomic mass is 16.4. The molecule has 6 nitrogen and oxygen atoms in total. The number of carboxylic acids is 1. The van der Waals surface area contributed by atoms with Crippen LogP contribution in [0.1, 0.15) is 46.5 Å². The van der Waals surface area contributed by atoms with Gasteiger partial charge in [0, 0.05) is 19.6 Å². The first kappa shape index (κ1) is 17.8. The van der Waals surface area contributed by atoms with Gasteiger partial charge in [-0.25, -0.2) is 4.79 Å². The van der Waals surface area contributed by atoms with Crippen molar-refractivity contribution < 1.29 is 19.8 Å². The Labute approximate surface area is 126 Å². The van der Waals surface area contributed by atoms with E-state index in [2.05, 4.69) is 5.32 Å². The molecule has 0 bridgehead atoms. The van der Waals surface area contributed by atoms with Crippen LogP contribution in [0.5, 0.6) is 0 Å². The number of amides is 2. The zero-order valence-corrected chi connectivity index (χ0v) is 13.4. The van der Waals surface area contributed by atoms with E-state index < -0.39 is 5.97 Å². The van der Waals surface area contributed by atoms with Gasteiger partial charge in [-0.2, -0.15) is 0 Å². The zero-order chi connectivity index (χ0) is 16.2. The normalized spacial score (nSPS) is 23.1. The summed E-state index contributed by atoms with van der Waals surface area (Å²) in [6.07, 6.45) is 1.78. The van der Waals surface area contributed by atoms with Gasteiger partial charge in [-0.1, -0.05) is 20.8 Å². The van der Waals surface area contributed by atoms with Gasteiger partial charge >= 0.3 is 12.0 Å². The molecule has 1 atom stereocenters. The van der Waals surface area contributed by atoms with Gasteiger partial charge in [0.1, 0.15) is 0 Å². The number of carbonyl (C=O) groups is 2. The predicted molar refractivity (Wildman–Crippen MR) is 80.0 cm³/mol. The maximum atomic E-state index is 12.1. The van der Waals surface area contributed by atoms with E-state index in [0.717, 1.165) is 12.8 Å². The maximum absolute atomic E-state index is 12.1. The average molecular weight is 300 g/mol. The van der Waals surface area contributed by atoms with Crippen LogP contribution in [-0.2, 0) is 4.79 Å².